The second-order valence-corrected chi connectivity index (χ2v) is 12.9. The summed E-state index contributed by atoms with van der Waals surface area (Å²) in [6.07, 6.45) is -0.525. The van der Waals surface area contributed by atoms with E-state index in [0.29, 0.717) is 54.6 Å². The third-order valence-electron chi connectivity index (χ3n) is 9.00. The predicted molar refractivity (Wildman–Crippen MR) is 153 cm³/mol. The Morgan fingerprint density at radius 3 is 2.83 bits per heavy atom. The molecule has 5 atom stereocenters. The molecule has 1 saturated carbocycles. The van der Waals surface area contributed by atoms with Gasteiger partial charge < -0.3 is 24.6 Å². The van der Waals surface area contributed by atoms with Crippen LogP contribution in [0.4, 0.5) is 11.4 Å². The quantitative estimate of drug-likeness (QED) is 0.170. The summed E-state index contributed by atoms with van der Waals surface area (Å²) in [7, 11) is 1.78. The molecule has 4 aliphatic heterocycles. The third-order valence-corrected chi connectivity index (χ3v) is 10.3. The fourth-order valence-corrected chi connectivity index (χ4v) is 8.00. The molecular formula is C29H27ClN4O7S. The smallest absolute Gasteiger partial charge is 0.295 e. The number of anilines is 1. The number of hydrogen-bond acceptors (Lipinski definition) is 11. The summed E-state index contributed by atoms with van der Waals surface area (Å²) in [4.78, 5) is 47.5. The highest BCUT2D eigenvalue weighted by Gasteiger charge is 2.58. The van der Waals surface area contributed by atoms with E-state index >= 15 is 0 Å². The Bertz CT molecular complexity index is 1610. The topological polar surface area (TPSA) is 132 Å². The number of hydrogen-bond donors (Lipinski definition) is 2. The van der Waals surface area contributed by atoms with Crippen molar-refractivity contribution in [2.75, 3.05) is 38.3 Å². The molecule has 42 heavy (non-hydrogen) atoms. The second kappa shape index (κ2) is 10.1. The molecule has 7 rings (SSSR count). The SMILES string of the molecule is CN1C[C@@H](N2CCOc3cc(Cl)cc(C4=C=C=Nc5cc(CN6C(=O)C7CC7C6=O)sc54)c32)CC1(CO)C(O)OC=O. The average Bonchev–Trinajstić information content (AvgIpc) is 3.47. The molecule has 5 heterocycles. The van der Waals surface area contributed by atoms with Crippen molar-refractivity contribution in [3.63, 3.8) is 0 Å². The molecule has 5 aliphatic rings. The molecule has 1 aromatic heterocycles. The summed E-state index contributed by atoms with van der Waals surface area (Å²) < 4.78 is 10.9. The number of piperidine rings is 1. The molecule has 2 saturated heterocycles. The summed E-state index contributed by atoms with van der Waals surface area (Å²) in [5.74, 6) is 2.93. The van der Waals surface area contributed by atoms with E-state index in [1.54, 1.807) is 13.1 Å². The van der Waals surface area contributed by atoms with E-state index in [9.17, 15) is 24.6 Å². The van der Waals surface area contributed by atoms with Gasteiger partial charge in [-0.15, -0.1) is 11.3 Å². The van der Waals surface area contributed by atoms with Gasteiger partial charge in [0.25, 0.3) is 6.47 Å². The van der Waals surface area contributed by atoms with Gasteiger partial charge in [-0.05, 0) is 37.8 Å². The summed E-state index contributed by atoms with van der Waals surface area (Å²) in [5, 5.41) is 21.4. The number of imide groups is 1. The van der Waals surface area contributed by atoms with Crippen LogP contribution in [-0.2, 0) is 25.7 Å². The van der Waals surface area contributed by atoms with Crippen molar-refractivity contribution in [3.05, 3.63) is 44.3 Å². The molecule has 4 unspecified atom stereocenters. The number of rotatable bonds is 8. The number of carbonyl (C=O) groups excluding carboxylic acids is 3. The molecule has 13 heteroatoms. The number of likely N-dealkylation sites (tertiary alicyclic amines) is 2. The minimum atomic E-state index is -1.51. The van der Waals surface area contributed by atoms with Crippen molar-refractivity contribution < 1.29 is 34.1 Å². The van der Waals surface area contributed by atoms with Gasteiger partial charge in [-0.1, -0.05) is 11.6 Å². The Morgan fingerprint density at radius 1 is 1.31 bits per heavy atom. The number of nitrogens with zero attached hydrogens (tertiary/aromatic N) is 4. The number of halogens is 1. The second-order valence-electron chi connectivity index (χ2n) is 11.3. The fourth-order valence-electron chi connectivity index (χ4n) is 6.69. The van der Waals surface area contributed by atoms with Crippen molar-refractivity contribution in [2.45, 2.75) is 37.3 Å². The average molecular weight is 611 g/mol. The lowest BCUT2D eigenvalue weighted by Crippen LogP contribution is -2.55. The van der Waals surface area contributed by atoms with Gasteiger partial charge in [0, 0.05) is 40.0 Å². The fraction of sp³-hybridized carbons (Fsp3) is 0.448. The number of carbonyl (C=O) groups is 3. The van der Waals surface area contributed by atoms with Crippen LogP contribution in [-0.4, -0.2) is 95.4 Å². The number of amides is 2. The highest BCUT2D eigenvalue weighted by Crippen LogP contribution is 2.50. The highest BCUT2D eigenvalue weighted by molar-refractivity contribution is 7.13. The summed E-state index contributed by atoms with van der Waals surface area (Å²) in [5.41, 5.74) is 4.89. The number of thiophene rings is 1. The van der Waals surface area contributed by atoms with Crippen LogP contribution in [0.15, 0.2) is 28.9 Å². The van der Waals surface area contributed by atoms with Gasteiger partial charge in [-0.25, -0.2) is 0 Å². The maximum absolute atomic E-state index is 12.6. The number of aliphatic hydroxyl groups excluding tert-OH is 2. The van der Waals surface area contributed by atoms with Crippen LogP contribution in [0.2, 0.25) is 5.02 Å². The monoisotopic (exact) mass is 610 g/mol. The first-order valence-corrected chi connectivity index (χ1v) is 14.8. The Kier molecular flexibility index (Phi) is 6.56. The standard InChI is InChI=1S/C29H27ClN4O7S/c1-32-11-16(10-29(32,13-35)28(39)41-14-36)33-4-5-40-23-7-15(30)6-19(24(23)33)18-2-3-31-22-8-17(42-25(18)22)12-34-26(37)20-9-21(20)27(34)38/h6-8,14,16,20-21,28,35,39H,4-5,9-13H2,1H3/t16-,20?,21?,28?,29?/m0/s1. The van der Waals surface area contributed by atoms with Crippen molar-refractivity contribution in [2.24, 2.45) is 16.8 Å². The first-order chi connectivity index (χ1) is 20.3. The Labute approximate surface area is 249 Å². The molecule has 3 fully saturated rings. The summed E-state index contributed by atoms with van der Waals surface area (Å²) in [6, 6.07) is 5.30. The zero-order valence-electron chi connectivity index (χ0n) is 22.6. The lowest BCUT2D eigenvalue weighted by atomic mass is 9.93. The van der Waals surface area contributed by atoms with Crippen LogP contribution >= 0.6 is 22.9 Å². The molecule has 0 radical (unpaired) electrons. The molecule has 11 nitrogen and oxygen atoms in total. The van der Waals surface area contributed by atoms with Crippen molar-refractivity contribution in [3.8, 4) is 5.75 Å². The van der Waals surface area contributed by atoms with Gasteiger partial charge in [-0.2, -0.15) is 4.99 Å². The number of ether oxygens (including phenoxy) is 2. The minimum Gasteiger partial charge on any atom is -0.489 e. The lowest BCUT2D eigenvalue weighted by Gasteiger charge is -2.38. The highest BCUT2D eigenvalue weighted by atomic mass is 35.5. The van der Waals surface area contributed by atoms with Gasteiger partial charge in [0.2, 0.25) is 18.1 Å². The van der Waals surface area contributed by atoms with Crippen LogP contribution < -0.4 is 9.64 Å². The van der Waals surface area contributed by atoms with Gasteiger partial charge in [-0.3, -0.25) is 24.2 Å². The molecule has 2 aromatic rings. The van der Waals surface area contributed by atoms with Gasteiger partial charge in [0.15, 0.2) is 0 Å². The van der Waals surface area contributed by atoms with E-state index < -0.39 is 18.4 Å². The molecule has 2 N–H and O–H groups in total. The molecule has 0 spiro atoms. The van der Waals surface area contributed by atoms with E-state index in [4.69, 9.17) is 21.1 Å². The number of aliphatic hydroxyl groups is 2. The molecule has 1 aromatic carbocycles. The predicted octanol–water partition coefficient (Wildman–Crippen LogP) is 1.93. The van der Waals surface area contributed by atoms with Crippen molar-refractivity contribution in [1.82, 2.24) is 9.80 Å². The van der Waals surface area contributed by atoms with Gasteiger partial charge >= 0.3 is 0 Å². The number of likely N-dealkylation sites (N-methyl/N-ethyl adjacent to an activating group) is 1. The third kappa shape index (κ3) is 4.14. The molecule has 0 bridgehead atoms. The van der Waals surface area contributed by atoms with Gasteiger partial charge in [0.1, 0.15) is 17.9 Å². The van der Waals surface area contributed by atoms with Gasteiger partial charge in [0.05, 0.1) is 53.4 Å². The number of benzene rings is 1. The molecule has 218 valence electrons. The van der Waals surface area contributed by atoms with Crippen LogP contribution in [0, 0.1) is 11.8 Å². The van der Waals surface area contributed by atoms with Crippen molar-refractivity contribution >= 4 is 64.0 Å². The first kappa shape index (κ1) is 27.4. The van der Waals surface area contributed by atoms with E-state index in [1.807, 2.05) is 17.0 Å². The zero-order chi connectivity index (χ0) is 29.3. The van der Waals surface area contributed by atoms with Crippen LogP contribution in [0.5, 0.6) is 5.75 Å². The van der Waals surface area contributed by atoms with E-state index in [2.05, 4.69) is 21.5 Å². The molecule has 1 aliphatic carbocycles. The zero-order valence-corrected chi connectivity index (χ0v) is 24.2. The number of fused-ring (bicyclic) bond motifs is 3. The van der Waals surface area contributed by atoms with Crippen LogP contribution in [0.3, 0.4) is 0 Å². The van der Waals surface area contributed by atoms with Crippen molar-refractivity contribution in [1.29, 1.82) is 0 Å². The minimum absolute atomic E-state index is 0.102. The van der Waals surface area contributed by atoms with E-state index in [1.165, 1.54) is 16.2 Å². The first-order valence-electron chi connectivity index (χ1n) is 13.7. The Hall–Kier alpha value is -3.47. The lowest BCUT2D eigenvalue weighted by molar-refractivity contribution is -0.185. The molecular weight excluding hydrogens is 584 g/mol. The van der Waals surface area contributed by atoms with Crippen LogP contribution in [0.25, 0.3) is 5.57 Å². The Balaban J connectivity index is 1.24. The van der Waals surface area contributed by atoms with Crippen LogP contribution in [0.1, 0.15) is 28.2 Å². The normalized spacial score (nSPS) is 28.3. The maximum atomic E-state index is 12.6. The number of aliphatic imine (C=N–C) groups is 1. The largest absolute Gasteiger partial charge is 0.489 e. The Morgan fingerprint density at radius 2 is 2.10 bits per heavy atom. The summed E-state index contributed by atoms with van der Waals surface area (Å²) >= 11 is 8.03. The van der Waals surface area contributed by atoms with E-state index in [-0.39, 0.29) is 42.7 Å². The van der Waals surface area contributed by atoms with E-state index in [0.717, 1.165) is 21.0 Å². The summed E-state index contributed by atoms with van der Waals surface area (Å²) in [6.45, 7) is 1.39. The maximum Gasteiger partial charge on any atom is 0.295 e. The molecule has 2 amide bonds.